The van der Waals surface area contributed by atoms with Crippen LogP contribution >= 0.6 is 11.3 Å². The summed E-state index contributed by atoms with van der Waals surface area (Å²) in [5.74, 6) is -1.05. The molecule has 0 spiro atoms. The molecular weight excluding hydrogens is 382 g/mol. The molecule has 0 saturated heterocycles. The van der Waals surface area contributed by atoms with Gasteiger partial charge < -0.3 is 10.1 Å². The van der Waals surface area contributed by atoms with E-state index in [0.717, 1.165) is 11.3 Å². The summed E-state index contributed by atoms with van der Waals surface area (Å²) in [6.07, 6.45) is 2.42. The Balaban J connectivity index is 2.16. The number of carbonyl (C=O) groups is 2. The first-order chi connectivity index (χ1) is 13.2. The number of thiophene rings is 1. The topological polar surface area (TPSA) is 122 Å². The monoisotopic (exact) mass is 399 g/mol. The largest absolute Gasteiger partial charge is 0.459 e. The molecule has 1 aromatic carbocycles. The number of ether oxygens (including phenoxy) is 1. The summed E-state index contributed by atoms with van der Waals surface area (Å²) in [4.78, 5) is 34.7. The third-order valence-electron chi connectivity index (χ3n) is 3.55. The van der Waals surface area contributed by atoms with Crippen LogP contribution in [-0.2, 0) is 9.53 Å². The minimum atomic E-state index is -0.545. The number of nitrogens with one attached hydrogen (secondary N) is 1. The molecule has 0 radical (unpaired) electrons. The second-order valence-corrected chi connectivity index (χ2v) is 7.02. The number of nitro groups is 1. The lowest BCUT2D eigenvalue weighted by molar-refractivity contribution is -0.384. The van der Waals surface area contributed by atoms with E-state index < -0.39 is 16.8 Å². The molecule has 9 heteroatoms. The molecule has 0 saturated carbocycles. The Bertz CT molecular complexity index is 984. The van der Waals surface area contributed by atoms with Crippen molar-refractivity contribution in [3.8, 4) is 6.07 Å². The molecule has 1 heterocycles. The Labute approximate surface area is 165 Å². The lowest BCUT2D eigenvalue weighted by Crippen LogP contribution is -2.11. The van der Waals surface area contributed by atoms with Crippen molar-refractivity contribution in [1.82, 2.24) is 0 Å². The van der Waals surface area contributed by atoms with Gasteiger partial charge in [0, 0.05) is 18.2 Å². The minimum Gasteiger partial charge on any atom is -0.459 e. The molecule has 0 aliphatic heterocycles. The molecule has 1 aromatic heterocycles. The lowest BCUT2D eigenvalue weighted by Gasteiger charge is -2.06. The Kier molecular flexibility index (Phi) is 6.63. The van der Waals surface area contributed by atoms with Gasteiger partial charge >= 0.3 is 5.97 Å². The quantitative estimate of drug-likeness (QED) is 0.338. The van der Waals surface area contributed by atoms with Crippen LogP contribution in [0.15, 0.2) is 30.3 Å². The van der Waals surface area contributed by atoms with E-state index in [9.17, 15) is 25.0 Å². The van der Waals surface area contributed by atoms with E-state index in [4.69, 9.17) is 4.74 Å². The van der Waals surface area contributed by atoms with Crippen LogP contribution in [-0.4, -0.2) is 22.9 Å². The maximum atomic E-state index is 12.2. The van der Waals surface area contributed by atoms with E-state index in [1.807, 2.05) is 6.07 Å². The fourth-order valence-electron chi connectivity index (χ4n) is 2.23. The molecule has 0 bridgehead atoms. The highest BCUT2D eigenvalue weighted by Crippen LogP contribution is 2.33. The molecule has 0 atom stereocenters. The van der Waals surface area contributed by atoms with Crippen LogP contribution in [0.2, 0.25) is 0 Å². The van der Waals surface area contributed by atoms with Gasteiger partial charge in [-0.2, -0.15) is 5.26 Å². The summed E-state index contributed by atoms with van der Waals surface area (Å²) >= 11 is 0.978. The van der Waals surface area contributed by atoms with Crippen molar-refractivity contribution in [1.29, 1.82) is 5.26 Å². The SMILES string of the molecule is Cc1c(C(=O)OC(C)C)sc(NC(=O)/C=C\c2ccc([N+](=O)[O-])cc2)c1C#N. The predicted octanol–water partition coefficient (Wildman–Crippen LogP) is 4.05. The highest BCUT2D eigenvalue weighted by molar-refractivity contribution is 7.18. The number of esters is 1. The van der Waals surface area contributed by atoms with E-state index in [1.165, 1.54) is 36.4 Å². The summed E-state index contributed by atoms with van der Waals surface area (Å²) in [5, 5.41) is 22.8. The fourth-order valence-corrected chi connectivity index (χ4v) is 3.27. The molecule has 0 fully saturated rings. The summed E-state index contributed by atoms with van der Waals surface area (Å²) in [6.45, 7) is 5.06. The van der Waals surface area contributed by atoms with Crippen molar-refractivity contribution in [2.24, 2.45) is 0 Å². The van der Waals surface area contributed by atoms with Crippen molar-refractivity contribution < 1.29 is 19.2 Å². The highest BCUT2D eigenvalue weighted by atomic mass is 32.1. The molecule has 8 nitrogen and oxygen atoms in total. The molecule has 0 aliphatic carbocycles. The van der Waals surface area contributed by atoms with Crippen molar-refractivity contribution >= 4 is 40.0 Å². The van der Waals surface area contributed by atoms with Gasteiger partial charge in [-0.25, -0.2) is 4.79 Å². The smallest absolute Gasteiger partial charge is 0.348 e. The molecule has 0 aliphatic rings. The molecule has 144 valence electrons. The van der Waals surface area contributed by atoms with E-state index in [2.05, 4.69) is 5.32 Å². The zero-order valence-corrected chi connectivity index (χ0v) is 16.2. The average Bonchev–Trinajstić information content (AvgIpc) is 2.95. The molecule has 2 rings (SSSR count). The maximum Gasteiger partial charge on any atom is 0.348 e. The number of benzene rings is 1. The Hall–Kier alpha value is -3.51. The number of nitriles is 1. The van der Waals surface area contributed by atoms with E-state index in [0.29, 0.717) is 11.1 Å². The predicted molar refractivity (Wildman–Crippen MR) is 105 cm³/mol. The first-order valence-corrected chi connectivity index (χ1v) is 9.02. The van der Waals surface area contributed by atoms with E-state index in [1.54, 1.807) is 20.8 Å². The van der Waals surface area contributed by atoms with Crippen LogP contribution in [0.3, 0.4) is 0 Å². The molecule has 1 N–H and O–H groups in total. The van der Waals surface area contributed by atoms with Gasteiger partial charge in [0.25, 0.3) is 5.69 Å². The van der Waals surface area contributed by atoms with Crippen molar-refractivity contribution in [3.05, 3.63) is 62.0 Å². The number of non-ortho nitro benzene ring substituents is 1. The zero-order chi connectivity index (χ0) is 20.8. The van der Waals surface area contributed by atoms with Crippen LogP contribution in [0, 0.1) is 28.4 Å². The third kappa shape index (κ3) is 5.02. The van der Waals surface area contributed by atoms with Crippen LogP contribution in [0.4, 0.5) is 10.7 Å². The number of nitrogens with zero attached hydrogens (tertiary/aromatic N) is 2. The number of rotatable bonds is 6. The number of hydrogen-bond acceptors (Lipinski definition) is 7. The second kappa shape index (κ2) is 8.92. The molecular formula is C19H17N3O5S. The molecule has 28 heavy (non-hydrogen) atoms. The molecule has 1 amide bonds. The summed E-state index contributed by atoms with van der Waals surface area (Å²) in [7, 11) is 0. The van der Waals surface area contributed by atoms with E-state index >= 15 is 0 Å². The Morgan fingerprint density at radius 1 is 1.32 bits per heavy atom. The normalized spacial score (nSPS) is 10.7. The third-order valence-corrected chi connectivity index (χ3v) is 4.74. The Morgan fingerprint density at radius 2 is 1.96 bits per heavy atom. The second-order valence-electron chi connectivity index (χ2n) is 6.00. The van der Waals surface area contributed by atoms with Gasteiger partial charge in [0.15, 0.2) is 0 Å². The van der Waals surface area contributed by atoms with Crippen LogP contribution in [0.25, 0.3) is 6.08 Å². The number of nitro benzene ring substituents is 1. The average molecular weight is 399 g/mol. The number of amides is 1. The van der Waals surface area contributed by atoms with Crippen molar-refractivity contribution in [2.75, 3.05) is 5.32 Å². The molecule has 0 unspecified atom stereocenters. The lowest BCUT2D eigenvalue weighted by atomic mass is 10.1. The Morgan fingerprint density at radius 3 is 2.50 bits per heavy atom. The standard InChI is InChI=1S/C19H17N3O5S/c1-11(2)27-19(24)17-12(3)15(10-20)18(28-17)21-16(23)9-6-13-4-7-14(8-5-13)22(25)26/h4-9,11H,1-3H3,(H,21,23)/b9-6-. The van der Waals surface area contributed by atoms with Gasteiger partial charge in [-0.05, 0) is 50.1 Å². The zero-order valence-electron chi connectivity index (χ0n) is 15.4. The van der Waals surface area contributed by atoms with Gasteiger partial charge in [0.1, 0.15) is 15.9 Å². The minimum absolute atomic E-state index is 0.0462. The van der Waals surface area contributed by atoms with Crippen LogP contribution in [0.5, 0.6) is 0 Å². The number of hydrogen-bond donors (Lipinski definition) is 1. The summed E-state index contributed by atoms with van der Waals surface area (Å²) < 4.78 is 5.15. The van der Waals surface area contributed by atoms with Crippen LogP contribution in [0.1, 0.15) is 40.2 Å². The van der Waals surface area contributed by atoms with Crippen molar-refractivity contribution in [2.45, 2.75) is 26.9 Å². The fraction of sp³-hybridized carbons (Fsp3) is 0.211. The van der Waals surface area contributed by atoms with Gasteiger partial charge in [-0.3, -0.25) is 14.9 Å². The number of anilines is 1. The first-order valence-electron chi connectivity index (χ1n) is 8.21. The van der Waals surface area contributed by atoms with Gasteiger partial charge in [0.05, 0.1) is 16.6 Å². The number of carbonyl (C=O) groups excluding carboxylic acids is 2. The van der Waals surface area contributed by atoms with Crippen molar-refractivity contribution in [3.63, 3.8) is 0 Å². The maximum absolute atomic E-state index is 12.2. The van der Waals surface area contributed by atoms with Crippen LogP contribution < -0.4 is 5.32 Å². The van der Waals surface area contributed by atoms with Gasteiger partial charge in [-0.1, -0.05) is 0 Å². The van der Waals surface area contributed by atoms with Gasteiger partial charge in [-0.15, -0.1) is 11.3 Å². The summed E-state index contributed by atoms with van der Waals surface area (Å²) in [5.41, 5.74) is 1.21. The molecule has 2 aromatic rings. The summed E-state index contributed by atoms with van der Waals surface area (Å²) in [6, 6.07) is 7.68. The highest BCUT2D eigenvalue weighted by Gasteiger charge is 2.22. The van der Waals surface area contributed by atoms with E-state index in [-0.39, 0.29) is 27.2 Å². The van der Waals surface area contributed by atoms with Gasteiger partial charge in [0.2, 0.25) is 5.91 Å². The first kappa shape index (κ1) is 20.8.